The number of hydrogen-bond donors (Lipinski definition) is 0. The zero-order chi connectivity index (χ0) is 22.4. The number of thioether (sulfide) groups is 1. The van der Waals surface area contributed by atoms with Crippen LogP contribution in [-0.2, 0) is 13.0 Å². The molecule has 0 atom stereocenters. The monoisotopic (exact) mass is 480 g/mol. The highest BCUT2D eigenvalue weighted by Crippen LogP contribution is 2.35. The van der Waals surface area contributed by atoms with Crippen molar-refractivity contribution < 1.29 is 0 Å². The first-order valence-electron chi connectivity index (χ1n) is 11.7. The standard InChI is InChI=1S/C24H28N6OS2/c1-27-13-10-18-19(16-27)33-22-20(18)21(31)29(17-8-4-2-5-9-17)23-25-26-24(30(22)23)32-15-14-28-11-6-3-7-12-28/h2,4-5,8-9H,3,6-7,10-16H2,1H3. The van der Waals surface area contributed by atoms with E-state index in [4.69, 9.17) is 0 Å². The van der Waals surface area contributed by atoms with Gasteiger partial charge in [0.1, 0.15) is 4.83 Å². The molecule has 0 aliphatic carbocycles. The molecule has 2 aliphatic rings. The Morgan fingerprint density at radius 2 is 1.88 bits per heavy atom. The third-order valence-electron chi connectivity index (χ3n) is 6.77. The Morgan fingerprint density at radius 1 is 1.06 bits per heavy atom. The van der Waals surface area contributed by atoms with Crippen LogP contribution in [0.15, 0.2) is 40.3 Å². The van der Waals surface area contributed by atoms with Gasteiger partial charge in [0, 0.05) is 30.3 Å². The molecular weight excluding hydrogens is 452 g/mol. The molecule has 1 aromatic carbocycles. The lowest BCUT2D eigenvalue weighted by Crippen LogP contribution is -2.31. The van der Waals surface area contributed by atoms with Gasteiger partial charge in [-0.2, -0.15) is 0 Å². The van der Waals surface area contributed by atoms with E-state index in [0.29, 0.717) is 5.78 Å². The third-order valence-corrected chi connectivity index (χ3v) is 8.88. The molecule has 1 fully saturated rings. The molecule has 0 radical (unpaired) electrons. The minimum atomic E-state index is 0.0167. The lowest BCUT2D eigenvalue weighted by atomic mass is 10.1. The van der Waals surface area contributed by atoms with Crippen molar-refractivity contribution >= 4 is 39.1 Å². The normalized spacial score (nSPS) is 17.7. The van der Waals surface area contributed by atoms with Crippen LogP contribution in [0.1, 0.15) is 29.7 Å². The molecule has 0 saturated carbocycles. The maximum atomic E-state index is 13.8. The molecule has 0 amide bonds. The Labute approximate surface area is 201 Å². The molecule has 172 valence electrons. The van der Waals surface area contributed by atoms with Crippen LogP contribution < -0.4 is 5.56 Å². The molecule has 9 heteroatoms. The molecule has 0 spiro atoms. The van der Waals surface area contributed by atoms with E-state index in [1.807, 2.05) is 30.3 Å². The van der Waals surface area contributed by atoms with E-state index in [1.54, 1.807) is 27.7 Å². The molecule has 0 unspecified atom stereocenters. The van der Waals surface area contributed by atoms with Crippen molar-refractivity contribution in [3.05, 3.63) is 51.1 Å². The summed E-state index contributed by atoms with van der Waals surface area (Å²) in [6.45, 7) is 5.32. The van der Waals surface area contributed by atoms with Crippen molar-refractivity contribution in [2.45, 2.75) is 37.4 Å². The fraction of sp³-hybridized carbons (Fsp3) is 0.458. The zero-order valence-electron chi connectivity index (χ0n) is 18.9. The first-order chi connectivity index (χ1) is 16.2. The molecule has 6 rings (SSSR count). The minimum Gasteiger partial charge on any atom is -0.303 e. The summed E-state index contributed by atoms with van der Waals surface area (Å²) in [4.78, 5) is 21.0. The highest BCUT2D eigenvalue weighted by Gasteiger charge is 2.26. The molecule has 0 N–H and O–H groups in total. The van der Waals surface area contributed by atoms with Gasteiger partial charge in [0.05, 0.1) is 11.1 Å². The van der Waals surface area contributed by atoms with Crippen molar-refractivity contribution in [3.63, 3.8) is 0 Å². The van der Waals surface area contributed by atoms with Gasteiger partial charge in [0.25, 0.3) is 5.56 Å². The molecule has 33 heavy (non-hydrogen) atoms. The van der Waals surface area contributed by atoms with E-state index in [1.165, 1.54) is 42.8 Å². The Hall–Kier alpha value is -2.20. The molecular formula is C24H28N6OS2. The molecule has 2 aliphatic heterocycles. The average molecular weight is 481 g/mol. The SMILES string of the molecule is CN1CCc2c(sc3c2c(=O)n(-c2ccccc2)c2nnc(SCCN4CCCCC4)n32)C1. The smallest absolute Gasteiger partial charge is 0.268 e. The van der Waals surface area contributed by atoms with Gasteiger partial charge in [-0.3, -0.25) is 4.79 Å². The Balaban J connectivity index is 1.49. The van der Waals surface area contributed by atoms with E-state index < -0.39 is 0 Å². The molecule has 0 bridgehead atoms. The van der Waals surface area contributed by atoms with Gasteiger partial charge in [-0.25, -0.2) is 8.97 Å². The predicted molar refractivity (Wildman–Crippen MR) is 135 cm³/mol. The largest absolute Gasteiger partial charge is 0.303 e. The predicted octanol–water partition coefficient (Wildman–Crippen LogP) is 3.66. The summed E-state index contributed by atoms with van der Waals surface area (Å²) in [7, 11) is 2.14. The summed E-state index contributed by atoms with van der Waals surface area (Å²) >= 11 is 3.49. The number of piperidine rings is 1. The quantitative estimate of drug-likeness (QED) is 0.407. The maximum absolute atomic E-state index is 13.8. The average Bonchev–Trinajstić information content (AvgIpc) is 3.42. The molecule has 3 aromatic heterocycles. The minimum absolute atomic E-state index is 0.0167. The first kappa shape index (κ1) is 21.3. The maximum Gasteiger partial charge on any atom is 0.268 e. The number of likely N-dealkylation sites (tertiary alicyclic amines) is 1. The fourth-order valence-electron chi connectivity index (χ4n) is 5.03. The van der Waals surface area contributed by atoms with E-state index >= 15 is 0 Å². The summed E-state index contributed by atoms with van der Waals surface area (Å²) in [5.41, 5.74) is 2.06. The first-order valence-corrected chi connectivity index (χ1v) is 13.5. The van der Waals surface area contributed by atoms with Crippen LogP contribution in [0.4, 0.5) is 0 Å². The number of nitrogens with zero attached hydrogens (tertiary/aromatic N) is 6. The second-order valence-electron chi connectivity index (χ2n) is 9.02. The van der Waals surface area contributed by atoms with E-state index in [0.717, 1.165) is 52.9 Å². The van der Waals surface area contributed by atoms with Crippen molar-refractivity contribution in [1.82, 2.24) is 29.0 Å². The van der Waals surface area contributed by atoms with Gasteiger partial charge in [-0.05, 0) is 57.1 Å². The molecule has 1 saturated heterocycles. The van der Waals surface area contributed by atoms with Crippen molar-refractivity contribution in [3.8, 4) is 5.69 Å². The lowest BCUT2D eigenvalue weighted by molar-refractivity contribution is 0.242. The van der Waals surface area contributed by atoms with Gasteiger partial charge in [0.15, 0.2) is 5.16 Å². The Morgan fingerprint density at radius 3 is 2.70 bits per heavy atom. The van der Waals surface area contributed by atoms with Crippen LogP contribution in [0, 0.1) is 0 Å². The molecule has 4 aromatic rings. The molecule has 5 heterocycles. The van der Waals surface area contributed by atoms with Gasteiger partial charge >= 0.3 is 0 Å². The number of thiophene rings is 1. The van der Waals surface area contributed by atoms with Gasteiger partial charge in [-0.15, -0.1) is 21.5 Å². The third kappa shape index (κ3) is 3.80. The van der Waals surface area contributed by atoms with E-state index in [2.05, 4.69) is 31.4 Å². The molecule has 7 nitrogen and oxygen atoms in total. The lowest BCUT2D eigenvalue weighted by Gasteiger charge is -2.25. The summed E-state index contributed by atoms with van der Waals surface area (Å²) in [6.07, 6.45) is 4.86. The second kappa shape index (κ2) is 8.87. The number of hydrogen-bond acceptors (Lipinski definition) is 7. The number of benzene rings is 1. The van der Waals surface area contributed by atoms with Crippen molar-refractivity contribution in [1.29, 1.82) is 0 Å². The van der Waals surface area contributed by atoms with Crippen LogP contribution in [0.5, 0.6) is 0 Å². The number of likely N-dealkylation sites (N-methyl/N-ethyl adjacent to an activating group) is 1. The topological polar surface area (TPSA) is 58.7 Å². The zero-order valence-corrected chi connectivity index (χ0v) is 20.5. The fourth-order valence-corrected chi connectivity index (χ4v) is 7.44. The van der Waals surface area contributed by atoms with Crippen molar-refractivity contribution in [2.75, 3.05) is 39.0 Å². The highest BCUT2D eigenvalue weighted by atomic mass is 32.2. The number of aromatic nitrogens is 4. The van der Waals surface area contributed by atoms with E-state index in [-0.39, 0.29) is 5.56 Å². The van der Waals surface area contributed by atoms with Gasteiger partial charge < -0.3 is 9.80 Å². The van der Waals surface area contributed by atoms with Gasteiger partial charge in [-0.1, -0.05) is 36.4 Å². The van der Waals surface area contributed by atoms with Crippen LogP contribution >= 0.6 is 23.1 Å². The second-order valence-corrected chi connectivity index (χ2v) is 11.2. The summed E-state index contributed by atoms with van der Waals surface area (Å²) in [5, 5.41) is 10.8. The van der Waals surface area contributed by atoms with Crippen LogP contribution in [0.25, 0.3) is 21.7 Å². The highest BCUT2D eigenvalue weighted by molar-refractivity contribution is 7.99. The summed E-state index contributed by atoms with van der Waals surface area (Å²) in [5.74, 6) is 1.58. The Kier molecular flexibility index (Phi) is 5.73. The number of rotatable bonds is 5. The Bertz CT molecular complexity index is 1350. The summed E-state index contributed by atoms with van der Waals surface area (Å²) in [6, 6.07) is 9.84. The van der Waals surface area contributed by atoms with Gasteiger partial charge in [0.2, 0.25) is 5.78 Å². The van der Waals surface area contributed by atoms with Crippen LogP contribution in [-0.4, -0.2) is 67.9 Å². The van der Waals surface area contributed by atoms with E-state index in [9.17, 15) is 4.79 Å². The number of fused-ring (bicyclic) bond motifs is 5. The van der Waals surface area contributed by atoms with Crippen LogP contribution in [0.3, 0.4) is 0 Å². The summed E-state index contributed by atoms with van der Waals surface area (Å²) < 4.78 is 3.88. The number of para-hydroxylation sites is 1. The van der Waals surface area contributed by atoms with Crippen LogP contribution in [0.2, 0.25) is 0 Å². The van der Waals surface area contributed by atoms with Crippen molar-refractivity contribution in [2.24, 2.45) is 0 Å².